The number of halogens is 2. The molecule has 108 valence electrons. The Kier molecular flexibility index (Phi) is 5.81. The van der Waals surface area contributed by atoms with Gasteiger partial charge in [-0.1, -0.05) is 38.8 Å². The van der Waals surface area contributed by atoms with Crippen molar-refractivity contribution in [2.24, 2.45) is 7.05 Å². The standard InChI is InChI=1S/C15H19Br2N3/c1-3-7-18-15(10-12-6-8-20(2)19-12)13-9-11(16)4-5-14(13)17/h4-6,8-9,15,18H,3,7,10H2,1-2H3. The zero-order valence-corrected chi connectivity index (χ0v) is 14.9. The fourth-order valence-corrected chi connectivity index (χ4v) is 3.08. The van der Waals surface area contributed by atoms with Crippen LogP contribution in [-0.4, -0.2) is 16.3 Å². The third kappa shape index (κ3) is 4.17. The summed E-state index contributed by atoms with van der Waals surface area (Å²) in [6.07, 6.45) is 3.99. The van der Waals surface area contributed by atoms with Crippen LogP contribution in [0.4, 0.5) is 0 Å². The molecule has 0 bridgehead atoms. The number of nitrogens with zero attached hydrogens (tertiary/aromatic N) is 2. The Morgan fingerprint density at radius 1 is 1.30 bits per heavy atom. The van der Waals surface area contributed by atoms with E-state index in [1.807, 2.05) is 24.0 Å². The molecule has 0 spiro atoms. The van der Waals surface area contributed by atoms with E-state index in [0.29, 0.717) is 0 Å². The largest absolute Gasteiger partial charge is 0.310 e. The molecule has 0 saturated carbocycles. The highest BCUT2D eigenvalue weighted by Gasteiger charge is 2.16. The van der Waals surface area contributed by atoms with Gasteiger partial charge in [0.05, 0.1) is 5.69 Å². The Morgan fingerprint density at radius 2 is 2.10 bits per heavy atom. The molecule has 5 heteroatoms. The van der Waals surface area contributed by atoms with E-state index in [1.165, 1.54) is 5.56 Å². The zero-order chi connectivity index (χ0) is 14.5. The van der Waals surface area contributed by atoms with Crippen molar-refractivity contribution in [3.05, 3.63) is 50.7 Å². The van der Waals surface area contributed by atoms with Crippen molar-refractivity contribution in [2.45, 2.75) is 25.8 Å². The van der Waals surface area contributed by atoms with E-state index in [0.717, 1.165) is 34.0 Å². The molecule has 1 heterocycles. The van der Waals surface area contributed by atoms with Crippen LogP contribution >= 0.6 is 31.9 Å². The molecule has 1 unspecified atom stereocenters. The molecule has 3 nitrogen and oxygen atoms in total. The smallest absolute Gasteiger partial charge is 0.0643 e. The van der Waals surface area contributed by atoms with E-state index in [9.17, 15) is 0 Å². The summed E-state index contributed by atoms with van der Waals surface area (Å²) in [6, 6.07) is 8.63. The van der Waals surface area contributed by atoms with Gasteiger partial charge in [0.1, 0.15) is 0 Å². The number of hydrogen-bond donors (Lipinski definition) is 1. The monoisotopic (exact) mass is 399 g/mol. The molecular formula is C15H19Br2N3. The van der Waals surface area contributed by atoms with Gasteiger partial charge in [-0.05, 0) is 42.8 Å². The molecule has 0 aliphatic carbocycles. The van der Waals surface area contributed by atoms with Crippen LogP contribution in [0, 0.1) is 0 Å². The Labute approximate surface area is 137 Å². The maximum absolute atomic E-state index is 4.49. The molecule has 1 N–H and O–H groups in total. The van der Waals surface area contributed by atoms with Crippen molar-refractivity contribution in [1.82, 2.24) is 15.1 Å². The maximum Gasteiger partial charge on any atom is 0.0643 e. The molecule has 20 heavy (non-hydrogen) atoms. The van der Waals surface area contributed by atoms with Crippen molar-refractivity contribution >= 4 is 31.9 Å². The predicted molar refractivity (Wildman–Crippen MR) is 89.8 cm³/mol. The average Bonchev–Trinajstić information content (AvgIpc) is 2.83. The molecule has 1 aromatic heterocycles. The van der Waals surface area contributed by atoms with Gasteiger partial charge < -0.3 is 5.32 Å². The molecule has 0 amide bonds. The highest BCUT2D eigenvalue weighted by atomic mass is 79.9. The fraction of sp³-hybridized carbons (Fsp3) is 0.400. The average molecular weight is 401 g/mol. The second-order valence-corrected chi connectivity index (χ2v) is 6.63. The molecule has 0 saturated heterocycles. The van der Waals surface area contributed by atoms with Crippen LogP contribution in [0.3, 0.4) is 0 Å². The molecule has 0 fully saturated rings. The summed E-state index contributed by atoms with van der Waals surface area (Å²) < 4.78 is 4.08. The van der Waals surface area contributed by atoms with Gasteiger partial charge in [0.2, 0.25) is 0 Å². The first kappa shape index (κ1) is 15.7. The SMILES string of the molecule is CCCNC(Cc1ccn(C)n1)c1cc(Br)ccc1Br. The second kappa shape index (κ2) is 7.38. The summed E-state index contributed by atoms with van der Waals surface area (Å²) in [5, 5.41) is 8.10. The van der Waals surface area contributed by atoms with Crippen LogP contribution in [0.1, 0.15) is 30.6 Å². The second-order valence-electron chi connectivity index (χ2n) is 4.86. The number of aryl methyl sites for hydroxylation is 1. The minimum Gasteiger partial charge on any atom is -0.310 e. The third-order valence-electron chi connectivity index (χ3n) is 3.16. The summed E-state index contributed by atoms with van der Waals surface area (Å²) >= 11 is 7.21. The van der Waals surface area contributed by atoms with Crippen molar-refractivity contribution in [1.29, 1.82) is 0 Å². The first-order valence-electron chi connectivity index (χ1n) is 6.77. The lowest BCUT2D eigenvalue weighted by Crippen LogP contribution is -2.24. The summed E-state index contributed by atoms with van der Waals surface area (Å²) in [5.41, 5.74) is 2.37. The normalized spacial score (nSPS) is 12.6. The molecule has 2 rings (SSSR count). The molecule has 2 aromatic rings. The molecule has 1 atom stereocenters. The van der Waals surface area contributed by atoms with Crippen molar-refractivity contribution < 1.29 is 0 Å². The van der Waals surface area contributed by atoms with Crippen LogP contribution in [0.5, 0.6) is 0 Å². The van der Waals surface area contributed by atoms with Gasteiger partial charge in [-0.25, -0.2) is 0 Å². The van der Waals surface area contributed by atoms with E-state index >= 15 is 0 Å². The minimum absolute atomic E-state index is 0.261. The molecular weight excluding hydrogens is 382 g/mol. The Hall–Kier alpha value is -0.650. The topological polar surface area (TPSA) is 29.9 Å². The van der Waals surface area contributed by atoms with E-state index < -0.39 is 0 Å². The van der Waals surface area contributed by atoms with E-state index in [-0.39, 0.29) is 6.04 Å². The van der Waals surface area contributed by atoms with Crippen molar-refractivity contribution in [3.8, 4) is 0 Å². The molecule has 0 aliphatic heterocycles. The Morgan fingerprint density at radius 3 is 2.75 bits per heavy atom. The molecule has 1 aromatic carbocycles. The Bertz CT molecular complexity index is 566. The summed E-state index contributed by atoms with van der Waals surface area (Å²) in [7, 11) is 1.95. The third-order valence-corrected chi connectivity index (χ3v) is 4.37. The zero-order valence-electron chi connectivity index (χ0n) is 11.7. The number of rotatable bonds is 6. The lowest BCUT2D eigenvalue weighted by Gasteiger charge is -2.20. The number of nitrogens with one attached hydrogen (secondary N) is 1. The number of aromatic nitrogens is 2. The van der Waals surface area contributed by atoms with Gasteiger partial charge in [-0.3, -0.25) is 4.68 Å². The van der Waals surface area contributed by atoms with E-state index in [2.05, 4.69) is 67.4 Å². The van der Waals surface area contributed by atoms with Crippen LogP contribution in [0.2, 0.25) is 0 Å². The quantitative estimate of drug-likeness (QED) is 0.786. The first-order chi connectivity index (χ1) is 9.60. The Balaban J connectivity index is 2.24. The molecule has 0 aliphatic rings. The van der Waals surface area contributed by atoms with Gasteiger partial charge in [0.25, 0.3) is 0 Å². The summed E-state index contributed by atoms with van der Waals surface area (Å²) in [6.45, 7) is 3.18. The highest BCUT2D eigenvalue weighted by Crippen LogP contribution is 2.29. The van der Waals surface area contributed by atoms with Crippen LogP contribution in [-0.2, 0) is 13.5 Å². The van der Waals surface area contributed by atoms with E-state index in [1.54, 1.807) is 0 Å². The molecule has 0 radical (unpaired) electrons. The number of hydrogen-bond acceptors (Lipinski definition) is 2. The van der Waals surface area contributed by atoms with Gasteiger partial charge in [-0.2, -0.15) is 5.10 Å². The lowest BCUT2D eigenvalue weighted by molar-refractivity contribution is 0.519. The van der Waals surface area contributed by atoms with Crippen LogP contribution < -0.4 is 5.32 Å². The van der Waals surface area contributed by atoms with E-state index in [4.69, 9.17) is 0 Å². The first-order valence-corrected chi connectivity index (χ1v) is 8.35. The highest BCUT2D eigenvalue weighted by molar-refractivity contribution is 9.11. The van der Waals surface area contributed by atoms with Crippen LogP contribution in [0.25, 0.3) is 0 Å². The van der Waals surface area contributed by atoms with Gasteiger partial charge in [-0.15, -0.1) is 0 Å². The maximum atomic E-state index is 4.49. The van der Waals surface area contributed by atoms with Crippen LogP contribution in [0.15, 0.2) is 39.4 Å². The summed E-state index contributed by atoms with van der Waals surface area (Å²) in [4.78, 5) is 0. The minimum atomic E-state index is 0.261. The predicted octanol–water partition coefficient (Wildman–Crippen LogP) is 4.23. The van der Waals surface area contributed by atoms with Gasteiger partial charge >= 0.3 is 0 Å². The van der Waals surface area contributed by atoms with Crippen molar-refractivity contribution in [2.75, 3.05) is 6.54 Å². The summed E-state index contributed by atoms with van der Waals surface area (Å²) in [5.74, 6) is 0. The van der Waals surface area contributed by atoms with Crippen molar-refractivity contribution in [3.63, 3.8) is 0 Å². The van der Waals surface area contributed by atoms with Gasteiger partial charge in [0, 0.05) is 34.7 Å². The lowest BCUT2D eigenvalue weighted by atomic mass is 10.0. The van der Waals surface area contributed by atoms with Gasteiger partial charge in [0.15, 0.2) is 0 Å². The fourth-order valence-electron chi connectivity index (χ4n) is 2.17. The number of benzene rings is 1.